The van der Waals surface area contributed by atoms with Gasteiger partial charge >= 0.3 is 0 Å². The van der Waals surface area contributed by atoms with Gasteiger partial charge < -0.3 is 9.47 Å². The summed E-state index contributed by atoms with van der Waals surface area (Å²) in [5.41, 5.74) is 2.57. The van der Waals surface area contributed by atoms with E-state index in [0.717, 1.165) is 57.6 Å². The van der Waals surface area contributed by atoms with Gasteiger partial charge in [-0.05, 0) is 42.7 Å². The van der Waals surface area contributed by atoms with Crippen LogP contribution in [0.25, 0.3) is 0 Å². The van der Waals surface area contributed by atoms with Crippen molar-refractivity contribution < 1.29 is 4.79 Å². The topological polar surface area (TPSA) is 51.0 Å². The lowest BCUT2D eigenvalue weighted by atomic mass is 9.93. The second-order valence-corrected chi connectivity index (χ2v) is 8.23. The van der Waals surface area contributed by atoms with E-state index in [1.807, 2.05) is 18.5 Å². The van der Waals surface area contributed by atoms with E-state index in [1.54, 1.807) is 0 Å². The lowest BCUT2D eigenvalue weighted by Gasteiger charge is -2.32. The fourth-order valence-corrected chi connectivity index (χ4v) is 4.24. The third-order valence-electron chi connectivity index (χ3n) is 6.03. The van der Waals surface area contributed by atoms with Crippen LogP contribution in [0, 0.1) is 5.92 Å². The zero-order valence-corrected chi connectivity index (χ0v) is 17.5. The van der Waals surface area contributed by atoms with E-state index >= 15 is 0 Å². The van der Waals surface area contributed by atoms with Gasteiger partial charge in [-0.15, -0.1) is 10.2 Å². The second kappa shape index (κ2) is 10.2. The first-order chi connectivity index (χ1) is 14.8. The second-order valence-electron chi connectivity index (χ2n) is 8.23. The summed E-state index contributed by atoms with van der Waals surface area (Å²) in [5, 5.41) is 8.50. The molecular formula is C25H30N4O. The van der Waals surface area contributed by atoms with Gasteiger partial charge in [0.25, 0.3) is 0 Å². The lowest BCUT2D eigenvalue weighted by Crippen LogP contribution is -2.39. The summed E-state index contributed by atoms with van der Waals surface area (Å²) in [6.07, 6.45) is 7.39. The van der Waals surface area contributed by atoms with E-state index in [9.17, 15) is 4.79 Å². The zero-order chi connectivity index (χ0) is 20.6. The van der Waals surface area contributed by atoms with Crippen molar-refractivity contribution in [2.75, 3.05) is 13.1 Å². The van der Waals surface area contributed by atoms with E-state index < -0.39 is 0 Å². The van der Waals surface area contributed by atoms with Crippen molar-refractivity contribution in [3.63, 3.8) is 0 Å². The number of carbonyl (C=O) groups excluding carboxylic acids is 1. The number of hydrogen-bond acceptors (Lipinski definition) is 3. The Morgan fingerprint density at radius 2 is 1.60 bits per heavy atom. The Bertz CT molecular complexity index is 915. The summed E-state index contributed by atoms with van der Waals surface area (Å²) < 4.78 is 2.15. The van der Waals surface area contributed by atoms with Crippen molar-refractivity contribution in [2.24, 2.45) is 5.92 Å². The molecule has 1 saturated heterocycles. The number of aryl methyl sites for hydroxylation is 1. The van der Waals surface area contributed by atoms with Crippen LogP contribution in [0.4, 0.5) is 0 Å². The third-order valence-corrected chi connectivity index (χ3v) is 6.03. The minimum atomic E-state index is 0.302. The van der Waals surface area contributed by atoms with E-state index in [0.29, 0.717) is 18.2 Å². The lowest BCUT2D eigenvalue weighted by molar-refractivity contribution is -0.132. The van der Waals surface area contributed by atoms with Crippen molar-refractivity contribution in [2.45, 2.75) is 45.1 Å². The van der Waals surface area contributed by atoms with Crippen LogP contribution >= 0.6 is 0 Å². The van der Waals surface area contributed by atoms with Gasteiger partial charge in [0.1, 0.15) is 12.2 Å². The number of benzene rings is 2. The van der Waals surface area contributed by atoms with Crippen LogP contribution in [0.2, 0.25) is 0 Å². The number of aromatic nitrogens is 3. The van der Waals surface area contributed by atoms with Crippen molar-refractivity contribution in [1.82, 2.24) is 19.7 Å². The molecule has 2 heterocycles. The predicted octanol–water partition coefficient (Wildman–Crippen LogP) is 4.13. The maximum absolute atomic E-state index is 12.6. The fraction of sp³-hybridized carbons (Fsp3) is 0.400. The van der Waals surface area contributed by atoms with Crippen molar-refractivity contribution >= 4 is 5.91 Å². The largest absolute Gasteiger partial charge is 0.343 e. The molecule has 1 aliphatic heterocycles. The van der Waals surface area contributed by atoms with Gasteiger partial charge in [-0.2, -0.15) is 0 Å². The van der Waals surface area contributed by atoms with Gasteiger partial charge in [-0.3, -0.25) is 4.79 Å². The van der Waals surface area contributed by atoms with Gasteiger partial charge in [0.15, 0.2) is 0 Å². The van der Waals surface area contributed by atoms with Gasteiger partial charge in [0, 0.05) is 25.9 Å². The first kappa shape index (κ1) is 20.3. The van der Waals surface area contributed by atoms with Crippen molar-refractivity contribution in [3.8, 4) is 0 Å². The molecule has 1 aromatic heterocycles. The molecular weight excluding hydrogens is 372 g/mol. The molecule has 0 atom stereocenters. The quantitative estimate of drug-likeness (QED) is 0.569. The zero-order valence-electron chi connectivity index (χ0n) is 17.5. The van der Waals surface area contributed by atoms with Gasteiger partial charge in [-0.25, -0.2) is 0 Å². The van der Waals surface area contributed by atoms with Crippen LogP contribution in [0.15, 0.2) is 67.0 Å². The summed E-state index contributed by atoms with van der Waals surface area (Å²) in [6.45, 7) is 2.53. The molecule has 0 spiro atoms. The molecule has 0 unspecified atom stereocenters. The molecule has 2 aromatic carbocycles. The molecule has 0 bridgehead atoms. The summed E-state index contributed by atoms with van der Waals surface area (Å²) in [7, 11) is 0. The van der Waals surface area contributed by atoms with Gasteiger partial charge in [0.05, 0.1) is 6.54 Å². The van der Waals surface area contributed by atoms with E-state index in [1.165, 1.54) is 11.1 Å². The highest BCUT2D eigenvalue weighted by Gasteiger charge is 2.24. The Labute approximate surface area is 178 Å². The molecule has 0 radical (unpaired) electrons. The molecule has 30 heavy (non-hydrogen) atoms. The van der Waals surface area contributed by atoms with Crippen LogP contribution in [-0.2, 0) is 24.2 Å². The van der Waals surface area contributed by atoms with Crippen LogP contribution in [-0.4, -0.2) is 38.7 Å². The number of likely N-dealkylation sites (tertiary alicyclic amines) is 1. The summed E-state index contributed by atoms with van der Waals surface area (Å²) >= 11 is 0. The van der Waals surface area contributed by atoms with E-state index in [4.69, 9.17) is 0 Å². The molecule has 156 valence electrons. The minimum absolute atomic E-state index is 0.302. The van der Waals surface area contributed by atoms with E-state index in [2.05, 4.69) is 68.2 Å². The van der Waals surface area contributed by atoms with Gasteiger partial charge in [-0.1, -0.05) is 60.7 Å². The molecule has 1 fully saturated rings. The SMILES string of the molecule is O=C(CCCc1ccccc1)N1CCC(Cc2nncn2Cc2ccccc2)CC1. The number of nitrogens with zero attached hydrogens (tertiary/aromatic N) is 4. The Hall–Kier alpha value is -2.95. The third kappa shape index (κ3) is 5.56. The molecule has 5 heteroatoms. The standard InChI is InChI=1S/C25H30N4O/c30-25(13-7-12-21-8-3-1-4-9-21)28-16-14-22(15-17-28)18-24-27-26-20-29(24)19-23-10-5-2-6-11-23/h1-6,8-11,20,22H,7,12-19H2. The molecule has 4 rings (SSSR count). The van der Waals surface area contributed by atoms with Crippen molar-refractivity contribution in [3.05, 3.63) is 83.9 Å². The maximum Gasteiger partial charge on any atom is 0.222 e. The maximum atomic E-state index is 12.6. The number of carbonyl (C=O) groups is 1. The Balaban J connectivity index is 1.21. The molecule has 0 N–H and O–H groups in total. The first-order valence-corrected chi connectivity index (χ1v) is 11.0. The van der Waals surface area contributed by atoms with Crippen LogP contribution in [0.1, 0.15) is 42.6 Å². The summed E-state index contributed by atoms with van der Waals surface area (Å²) in [6, 6.07) is 20.8. The van der Waals surface area contributed by atoms with Crippen LogP contribution in [0.3, 0.4) is 0 Å². The molecule has 3 aromatic rings. The average molecular weight is 403 g/mol. The molecule has 0 saturated carbocycles. The Kier molecular flexibility index (Phi) is 6.91. The number of hydrogen-bond donors (Lipinski definition) is 0. The molecule has 5 nitrogen and oxygen atoms in total. The molecule has 0 aliphatic carbocycles. The highest BCUT2D eigenvalue weighted by molar-refractivity contribution is 5.76. The minimum Gasteiger partial charge on any atom is -0.343 e. The Morgan fingerprint density at radius 3 is 2.30 bits per heavy atom. The monoisotopic (exact) mass is 402 g/mol. The number of rotatable bonds is 8. The summed E-state index contributed by atoms with van der Waals surface area (Å²) in [5.74, 6) is 1.92. The highest BCUT2D eigenvalue weighted by atomic mass is 16.2. The number of piperidine rings is 1. The Morgan fingerprint density at radius 1 is 0.933 bits per heavy atom. The van der Waals surface area contributed by atoms with Gasteiger partial charge in [0.2, 0.25) is 5.91 Å². The average Bonchev–Trinajstić information content (AvgIpc) is 3.22. The van der Waals surface area contributed by atoms with Crippen LogP contribution in [0.5, 0.6) is 0 Å². The smallest absolute Gasteiger partial charge is 0.222 e. The fourth-order valence-electron chi connectivity index (χ4n) is 4.24. The van der Waals surface area contributed by atoms with Crippen molar-refractivity contribution in [1.29, 1.82) is 0 Å². The molecule has 1 aliphatic rings. The van der Waals surface area contributed by atoms with E-state index in [-0.39, 0.29) is 0 Å². The first-order valence-electron chi connectivity index (χ1n) is 11.0. The number of amides is 1. The molecule has 1 amide bonds. The predicted molar refractivity (Wildman–Crippen MR) is 118 cm³/mol. The van der Waals surface area contributed by atoms with Crippen LogP contribution < -0.4 is 0 Å². The normalized spacial score (nSPS) is 14.7. The summed E-state index contributed by atoms with van der Waals surface area (Å²) in [4.78, 5) is 14.6. The highest BCUT2D eigenvalue weighted by Crippen LogP contribution is 2.22.